The Bertz CT molecular complexity index is 685. The fourth-order valence-electron chi connectivity index (χ4n) is 3.47. The zero-order valence-electron chi connectivity index (χ0n) is 15.4. The number of aryl methyl sites for hydroxylation is 1. The van der Waals surface area contributed by atoms with Gasteiger partial charge in [0.25, 0.3) is 0 Å². The predicted octanol–water partition coefficient (Wildman–Crippen LogP) is 3.53. The van der Waals surface area contributed by atoms with Crippen LogP contribution in [0.3, 0.4) is 0 Å². The molecule has 1 aromatic carbocycles. The third-order valence-corrected chi connectivity index (χ3v) is 4.97. The lowest BCUT2D eigenvalue weighted by Crippen LogP contribution is -2.41. The summed E-state index contributed by atoms with van der Waals surface area (Å²) in [6.07, 6.45) is 5.43. The predicted molar refractivity (Wildman–Crippen MR) is 107 cm³/mol. The third kappa shape index (κ3) is 5.55. The molecule has 1 aliphatic heterocycles. The van der Waals surface area contributed by atoms with Crippen molar-refractivity contribution in [3.63, 3.8) is 0 Å². The van der Waals surface area contributed by atoms with Crippen LogP contribution in [-0.4, -0.2) is 34.9 Å². The molecule has 1 saturated heterocycles. The van der Waals surface area contributed by atoms with Crippen LogP contribution in [0.4, 0.5) is 0 Å². The molecule has 0 saturated carbocycles. The minimum atomic E-state index is 0. The lowest BCUT2D eigenvalue weighted by atomic mass is 10.0. The van der Waals surface area contributed by atoms with E-state index in [0.29, 0.717) is 13.0 Å². The molecule has 5 heteroatoms. The molecule has 1 amide bonds. The molecule has 4 nitrogen and oxygen atoms in total. The molecule has 1 fully saturated rings. The number of hydrogen-bond donors (Lipinski definition) is 1. The maximum absolute atomic E-state index is 13.2. The van der Waals surface area contributed by atoms with Crippen LogP contribution in [-0.2, 0) is 17.8 Å². The smallest absolute Gasteiger partial charge is 0.227 e. The van der Waals surface area contributed by atoms with Crippen molar-refractivity contribution in [2.45, 2.75) is 45.2 Å². The standard InChI is InChI=1S/C21H27N3O.ClH/c1-17-7-2-3-8-18(17)15-21(25)24(16-19-9-4-5-13-23-19)20-10-6-12-22-14-11-20;/h2-5,7-9,13,20,22H,6,10-12,14-16H2,1H3;1H. The maximum Gasteiger partial charge on any atom is 0.227 e. The number of aromatic nitrogens is 1. The van der Waals surface area contributed by atoms with Gasteiger partial charge in [0.1, 0.15) is 0 Å². The molecule has 0 aliphatic carbocycles. The van der Waals surface area contributed by atoms with E-state index in [-0.39, 0.29) is 24.4 Å². The largest absolute Gasteiger partial charge is 0.333 e. The summed E-state index contributed by atoms with van der Waals surface area (Å²) >= 11 is 0. The van der Waals surface area contributed by atoms with Gasteiger partial charge in [-0.2, -0.15) is 0 Å². The van der Waals surface area contributed by atoms with Crippen molar-refractivity contribution in [3.8, 4) is 0 Å². The molecule has 26 heavy (non-hydrogen) atoms. The fraction of sp³-hybridized carbons (Fsp3) is 0.429. The first-order chi connectivity index (χ1) is 12.2. The second kappa shape index (κ2) is 10.3. The van der Waals surface area contributed by atoms with E-state index < -0.39 is 0 Å². The molecule has 1 aliphatic rings. The number of rotatable bonds is 5. The van der Waals surface area contributed by atoms with Gasteiger partial charge in [0.15, 0.2) is 0 Å². The van der Waals surface area contributed by atoms with E-state index in [1.54, 1.807) is 6.20 Å². The minimum Gasteiger partial charge on any atom is -0.333 e. The van der Waals surface area contributed by atoms with E-state index in [9.17, 15) is 4.79 Å². The van der Waals surface area contributed by atoms with Crippen molar-refractivity contribution < 1.29 is 4.79 Å². The average Bonchev–Trinajstić information content (AvgIpc) is 2.92. The van der Waals surface area contributed by atoms with Crippen LogP contribution < -0.4 is 5.32 Å². The van der Waals surface area contributed by atoms with Crippen LogP contribution in [0.1, 0.15) is 36.1 Å². The highest BCUT2D eigenvalue weighted by molar-refractivity contribution is 5.85. The molecule has 1 N–H and O–H groups in total. The molecular weight excluding hydrogens is 346 g/mol. The van der Waals surface area contributed by atoms with E-state index >= 15 is 0 Å². The van der Waals surface area contributed by atoms with Gasteiger partial charge in [0, 0.05) is 12.2 Å². The van der Waals surface area contributed by atoms with Crippen LogP contribution in [0.2, 0.25) is 0 Å². The van der Waals surface area contributed by atoms with Crippen LogP contribution in [0.15, 0.2) is 48.7 Å². The summed E-state index contributed by atoms with van der Waals surface area (Å²) < 4.78 is 0. The van der Waals surface area contributed by atoms with Gasteiger partial charge in [0.2, 0.25) is 5.91 Å². The van der Waals surface area contributed by atoms with E-state index in [2.05, 4.69) is 34.3 Å². The van der Waals surface area contributed by atoms with Crippen molar-refractivity contribution in [2.24, 2.45) is 0 Å². The summed E-state index contributed by atoms with van der Waals surface area (Å²) in [6.45, 7) is 4.68. The van der Waals surface area contributed by atoms with Crippen LogP contribution >= 0.6 is 12.4 Å². The number of amides is 1. The summed E-state index contributed by atoms with van der Waals surface area (Å²) in [6, 6.07) is 14.3. The van der Waals surface area contributed by atoms with E-state index in [1.165, 1.54) is 5.56 Å². The highest BCUT2D eigenvalue weighted by Gasteiger charge is 2.25. The highest BCUT2D eigenvalue weighted by atomic mass is 35.5. The molecule has 1 atom stereocenters. The molecular formula is C21H28ClN3O. The van der Waals surface area contributed by atoms with Gasteiger partial charge >= 0.3 is 0 Å². The number of pyridine rings is 1. The van der Waals surface area contributed by atoms with Gasteiger partial charge in [-0.3, -0.25) is 9.78 Å². The normalized spacial score (nSPS) is 17.0. The topological polar surface area (TPSA) is 45.2 Å². The number of nitrogens with zero attached hydrogens (tertiary/aromatic N) is 2. The van der Waals surface area contributed by atoms with Crippen molar-refractivity contribution >= 4 is 18.3 Å². The first-order valence-electron chi connectivity index (χ1n) is 9.18. The first kappa shape index (κ1) is 20.4. The number of hydrogen-bond acceptors (Lipinski definition) is 3. The Morgan fingerprint density at radius 2 is 1.96 bits per heavy atom. The molecule has 2 aromatic rings. The Hall–Kier alpha value is -1.91. The minimum absolute atomic E-state index is 0. The quantitative estimate of drug-likeness (QED) is 0.872. The summed E-state index contributed by atoms with van der Waals surface area (Å²) in [5, 5.41) is 3.44. The monoisotopic (exact) mass is 373 g/mol. The Kier molecular flexibility index (Phi) is 8.07. The summed E-state index contributed by atoms with van der Waals surface area (Å²) in [7, 11) is 0. The molecule has 0 bridgehead atoms. The number of benzene rings is 1. The maximum atomic E-state index is 13.2. The molecule has 1 unspecified atom stereocenters. The zero-order chi connectivity index (χ0) is 17.5. The molecule has 140 valence electrons. The zero-order valence-corrected chi connectivity index (χ0v) is 16.2. The third-order valence-electron chi connectivity index (χ3n) is 4.97. The Morgan fingerprint density at radius 1 is 1.15 bits per heavy atom. The first-order valence-corrected chi connectivity index (χ1v) is 9.18. The summed E-state index contributed by atoms with van der Waals surface area (Å²) in [5.74, 6) is 0.201. The van der Waals surface area contributed by atoms with Crippen molar-refractivity contribution in [1.29, 1.82) is 0 Å². The number of carbonyl (C=O) groups is 1. The SMILES string of the molecule is Cc1ccccc1CC(=O)N(Cc1ccccn1)C1CCCNCC1.Cl. The molecule has 2 heterocycles. The Balaban J connectivity index is 0.00000243. The second-order valence-corrected chi connectivity index (χ2v) is 6.78. The average molecular weight is 374 g/mol. The van der Waals surface area contributed by atoms with Crippen molar-refractivity contribution in [3.05, 3.63) is 65.5 Å². The molecule has 3 rings (SSSR count). The number of nitrogens with one attached hydrogen (secondary N) is 1. The van der Waals surface area contributed by atoms with E-state index in [0.717, 1.165) is 43.6 Å². The molecule has 0 radical (unpaired) electrons. The van der Waals surface area contributed by atoms with Gasteiger partial charge in [-0.05, 0) is 62.5 Å². The summed E-state index contributed by atoms with van der Waals surface area (Å²) in [4.78, 5) is 19.7. The Labute approximate surface area is 162 Å². The van der Waals surface area contributed by atoms with E-state index in [4.69, 9.17) is 0 Å². The lowest BCUT2D eigenvalue weighted by Gasteiger charge is -2.31. The van der Waals surface area contributed by atoms with Gasteiger partial charge in [-0.1, -0.05) is 30.3 Å². The van der Waals surface area contributed by atoms with Crippen LogP contribution in [0.5, 0.6) is 0 Å². The van der Waals surface area contributed by atoms with E-state index in [1.807, 2.05) is 30.3 Å². The molecule has 1 aromatic heterocycles. The fourth-order valence-corrected chi connectivity index (χ4v) is 3.47. The van der Waals surface area contributed by atoms with Crippen molar-refractivity contribution in [2.75, 3.05) is 13.1 Å². The number of halogens is 1. The van der Waals surface area contributed by atoms with Gasteiger partial charge in [0.05, 0.1) is 18.7 Å². The number of carbonyl (C=O) groups excluding carboxylic acids is 1. The van der Waals surface area contributed by atoms with Gasteiger partial charge < -0.3 is 10.2 Å². The summed E-state index contributed by atoms with van der Waals surface area (Å²) in [5.41, 5.74) is 3.25. The van der Waals surface area contributed by atoms with Crippen LogP contribution in [0.25, 0.3) is 0 Å². The Morgan fingerprint density at radius 3 is 2.73 bits per heavy atom. The molecule has 0 spiro atoms. The van der Waals surface area contributed by atoms with Gasteiger partial charge in [-0.25, -0.2) is 0 Å². The van der Waals surface area contributed by atoms with Crippen LogP contribution in [0, 0.1) is 6.92 Å². The lowest BCUT2D eigenvalue weighted by molar-refractivity contribution is -0.133. The van der Waals surface area contributed by atoms with Crippen molar-refractivity contribution in [1.82, 2.24) is 15.2 Å². The highest BCUT2D eigenvalue weighted by Crippen LogP contribution is 2.19. The second-order valence-electron chi connectivity index (χ2n) is 6.78. The van der Waals surface area contributed by atoms with Gasteiger partial charge in [-0.15, -0.1) is 12.4 Å².